The molecule has 34 heavy (non-hydrogen) atoms. The summed E-state index contributed by atoms with van der Waals surface area (Å²) in [4.78, 5) is 9.47. The molecule has 2 aliphatic rings. The van der Waals surface area contributed by atoms with E-state index in [0.29, 0.717) is 34.5 Å². The highest BCUT2D eigenvalue weighted by atomic mass is 32.2. The van der Waals surface area contributed by atoms with E-state index >= 15 is 0 Å². The Morgan fingerprint density at radius 2 is 1.88 bits per heavy atom. The maximum Gasteiger partial charge on any atom is 0.191 e. The van der Waals surface area contributed by atoms with Crippen LogP contribution < -0.4 is 5.32 Å². The van der Waals surface area contributed by atoms with Crippen LogP contribution in [0.2, 0.25) is 0 Å². The summed E-state index contributed by atoms with van der Waals surface area (Å²) in [6, 6.07) is 10.1. The normalized spacial score (nSPS) is 29.0. The van der Waals surface area contributed by atoms with Crippen molar-refractivity contribution in [2.24, 2.45) is 5.92 Å². The fourth-order valence-corrected chi connectivity index (χ4v) is 5.64. The highest BCUT2D eigenvalue weighted by molar-refractivity contribution is 7.99. The topological polar surface area (TPSA) is 129 Å². The standard InChI is InChI=1S/C24H32N6O3S/c1-4-10-34-23-26-21(25-16-11-14(16)13-8-6-5-7-9-13)18-22(27-23)30(29-28-18)17-12-15(24(2,3)33)19(31)20(17)32/h5-9,14-17,19-20,31-33H,4,10-12H2,1-3H3,(H,25,26,27)/t14?,15-,16?,17+,19+,20-/m0/s1. The van der Waals surface area contributed by atoms with E-state index in [1.807, 2.05) is 6.07 Å². The zero-order valence-electron chi connectivity index (χ0n) is 19.7. The second kappa shape index (κ2) is 9.07. The average molecular weight is 485 g/mol. The van der Waals surface area contributed by atoms with Crippen LogP contribution in [0.3, 0.4) is 0 Å². The van der Waals surface area contributed by atoms with Gasteiger partial charge in [0.1, 0.15) is 6.10 Å². The van der Waals surface area contributed by atoms with Crippen molar-refractivity contribution in [3.8, 4) is 0 Å². The van der Waals surface area contributed by atoms with E-state index in [0.717, 1.165) is 18.6 Å². The number of aliphatic hydroxyl groups excluding tert-OH is 2. The van der Waals surface area contributed by atoms with Gasteiger partial charge in [0.05, 0.1) is 17.7 Å². The minimum Gasteiger partial charge on any atom is -0.390 e. The van der Waals surface area contributed by atoms with E-state index in [-0.39, 0.29) is 6.04 Å². The molecular weight excluding hydrogens is 452 g/mol. The predicted molar refractivity (Wildman–Crippen MR) is 131 cm³/mol. The molecule has 0 bridgehead atoms. The Labute approximate surface area is 203 Å². The van der Waals surface area contributed by atoms with Crippen LogP contribution in [0, 0.1) is 5.92 Å². The number of fused-ring (bicyclic) bond motifs is 1. The van der Waals surface area contributed by atoms with E-state index < -0.39 is 29.8 Å². The number of aliphatic hydroxyl groups is 3. The number of aromatic nitrogens is 5. The van der Waals surface area contributed by atoms with Crippen molar-refractivity contribution < 1.29 is 15.3 Å². The molecule has 1 aromatic carbocycles. The van der Waals surface area contributed by atoms with E-state index in [1.165, 1.54) is 5.56 Å². The van der Waals surface area contributed by atoms with Gasteiger partial charge in [0.15, 0.2) is 22.1 Å². The fraction of sp³-hybridized carbons (Fsp3) is 0.583. The van der Waals surface area contributed by atoms with E-state index in [1.54, 1.807) is 30.3 Å². The molecule has 0 amide bonds. The van der Waals surface area contributed by atoms with Crippen LogP contribution in [0.5, 0.6) is 0 Å². The summed E-state index contributed by atoms with van der Waals surface area (Å²) in [5.41, 5.74) is 1.25. The zero-order valence-corrected chi connectivity index (χ0v) is 20.5. The highest BCUT2D eigenvalue weighted by Gasteiger charge is 2.49. The molecule has 2 heterocycles. The molecule has 2 unspecified atom stereocenters. The summed E-state index contributed by atoms with van der Waals surface area (Å²) in [5, 5.41) is 44.8. The molecule has 2 saturated carbocycles. The number of thioether (sulfide) groups is 1. The van der Waals surface area contributed by atoms with Crippen molar-refractivity contribution >= 4 is 28.7 Å². The van der Waals surface area contributed by atoms with Crippen molar-refractivity contribution in [2.45, 2.75) is 81.0 Å². The lowest BCUT2D eigenvalue weighted by atomic mass is 9.88. The van der Waals surface area contributed by atoms with Crippen LogP contribution in [0.25, 0.3) is 11.2 Å². The summed E-state index contributed by atoms with van der Waals surface area (Å²) >= 11 is 1.57. The molecule has 0 aliphatic heterocycles. The number of anilines is 1. The van der Waals surface area contributed by atoms with Crippen LogP contribution in [-0.4, -0.2) is 69.9 Å². The van der Waals surface area contributed by atoms with Crippen molar-refractivity contribution in [1.82, 2.24) is 25.0 Å². The van der Waals surface area contributed by atoms with Gasteiger partial charge in [-0.3, -0.25) is 0 Å². The van der Waals surface area contributed by atoms with Gasteiger partial charge in [-0.15, -0.1) is 5.10 Å². The minimum atomic E-state index is -1.13. The molecule has 9 nitrogen and oxygen atoms in total. The van der Waals surface area contributed by atoms with Gasteiger partial charge in [-0.05, 0) is 38.7 Å². The first-order valence-electron chi connectivity index (χ1n) is 11.9. The van der Waals surface area contributed by atoms with Crippen LogP contribution in [0.15, 0.2) is 35.5 Å². The lowest BCUT2D eigenvalue weighted by Crippen LogP contribution is -2.39. The molecule has 3 aromatic rings. The number of hydrogen-bond donors (Lipinski definition) is 4. The lowest BCUT2D eigenvalue weighted by Gasteiger charge is -2.28. The third kappa shape index (κ3) is 4.39. The predicted octanol–water partition coefficient (Wildman–Crippen LogP) is 2.75. The van der Waals surface area contributed by atoms with Gasteiger partial charge in [0.25, 0.3) is 0 Å². The Morgan fingerprint density at radius 3 is 2.56 bits per heavy atom. The molecular formula is C24H32N6O3S. The largest absolute Gasteiger partial charge is 0.390 e. The monoisotopic (exact) mass is 484 g/mol. The van der Waals surface area contributed by atoms with Gasteiger partial charge in [0.2, 0.25) is 0 Å². The summed E-state index contributed by atoms with van der Waals surface area (Å²) in [5.74, 6) is 1.46. The summed E-state index contributed by atoms with van der Waals surface area (Å²) in [6.07, 6.45) is 0.238. The SMILES string of the molecule is CCCSc1nc(NC2CC2c2ccccc2)c2nnn([C@@H]3C[C@H](C(C)(C)O)[C@@H](O)[C@H]3O)c2n1. The Balaban J connectivity index is 1.47. The van der Waals surface area contributed by atoms with E-state index in [9.17, 15) is 15.3 Å². The van der Waals surface area contributed by atoms with E-state index in [2.05, 4.69) is 46.8 Å². The third-order valence-electron chi connectivity index (χ3n) is 6.95. The summed E-state index contributed by atoms with van der Waals surface area (Å²) in [7, 11) is 0. The third-order valence-corrected chi connectivity index (χ3v) is 8.01. The molecule has 10 heteroatoms. The number of nitrogens with one attached hydrogen (secondary N) is 1. The Morgan fingerprint density at radius 1 is 1.12 bits per heavy atom. The van der Waals surface area contributed by atoms with Crippen LogP contribution >= 0.6 is 11.8 Å². The fourth-order valence-electron chi connectivity index (χ4n) is 4.95. The summed E-state index contributed by atoms with van der Waals surface area (Å²) in [6.45, 7) is 5.41. The first kappa shape index (κ1) is 23.5. The van der Waals surface area contributed by atoms with Crippen molar-refractivity contribution in [1.29, 1.82) is 0 Å². The molecule has 2 fully saturated rings. The maximum absolute atomic E-state index is 10.8. The molecule has 5 rings (SSSR count). The van der Waals surface area contributed by atoms with Gasteiger partial charge < -0.3 is 20.6 Å². The lowest BCUT2D eigenvalue weighted by molar-refractivity contribution is -0.0617. The van der Waals surface area contributed by atoms with Gasteiger partial charge in [0, 0.05) is 23.6 Å². The zero-order chi connectivity index (χ0) is 24.0. The highest BCUT2D eigenvalue weighted by Crippen LogP contribution is 2.44. The van der Waals surface area contributed by atoms with Crippen molar-refractivity contribution in [2.75, 3.05) is 11.1 Å². The first-order valence-corrected chi connectivity index (χ1v) is 12.9. The minimum absolute atomic E-state index is 0.258. The molecule has 0 saturated heterocycles. The summed E-state index contributed by atoms with van der Waals surface area (Å²) < 4.78 is 1.60. The van der Waals surface area contributed by atoms with Crippen LogP contribution in [-0.2, 0) is 0 Å². The Kier molecular flexibility index (Phi) is 6.26. The van der Waals surface area contributed by atoms with Gasteiger partial charge >= 0.3 is 0 Å². The van der Waals surface area contributed by atoms with E-state index in [4.69, 9.17) is 9.97 Å². The first-order chi connectivity index (χ1) is 16.3. The van der Waals surface area contributed by atoms with Gasteiger partial charge in [-0.1, -0.05) is 54.2 Å². The molecule has 0 spiro atoms. The molecule has 2 aliphatic carbocycles. The number of nitrogens with zero attached hydrogens (tertiary/aromatic N) is 5. The van der Waals surface area contributed by atoms with Gasteiger partial charge in [-0.25, -0.2) is 14.6 Å². The van der Waals surface area contributed by atoms with Crippen molar-refractivity contribution in [3.63, 3.8) is 0 Å². The number of hydrogen-bond acceptors (Lipinski definition) is 9. The van der Waals surface area contributed by atoms with Crippen LogP contribution in [0.4, 0.5) is 5.82 Å². The second-order valence-electron chi connectivity index (χ2n) is 9.96. The van der Waals surface area contributed by atoms with Crippen molar-refractivity contribution in [3.05, 3.63) is 35.9 Å². The molecule has 182 valence electrons. The molecule has 6 atom stereocenters. The molecule has 2 aromatic heterocycles. The quantitative estimate of drug-likeness (QED) is 0.282. The average Bonchev–Trinajstić information content (AvgIpc) is 3.34. The Hall–Kier alpha value is -2.27. The number of rotatable bonds is 8. The molecule has 0 radical (unpaired) electrons. The van der Waals surface area contributed by atoms with Gasteiger partial charge in [-0.2, -0.15) is 0 Å². The smallest absolute Gasteiger partial charge is 0.191 e. The number of benzene rings is 1. The Bertz CT molecular complexity index is 1150. The van der Waals surface area contributed by atoms with Crippen LogP contribution in [0.1, 0.15) is 57.6 Å². The molecule has 4 N–H and O–H groups in total. The maximum atomic E-state index is 10.8. The second-order valence-corrected chi connectivity index (χ2v) is 11.0.